The smallest absolute Gasteiger partial charge is 0.491 e. The molecule has 0 unspecified atom stereocenters. The second-order valence-corrected chi connectivity index (χ2v) is 6.95. The van der Waals surface area contributed by atoms with E-state index >= 15 is 0 Å². The van der Waals surface area contributed by atoms with Crippen molar-refractivity contribution in [3.8, 4) is 17.2 Å². The predicted octanol–water partition coefficient (Wildman–Crippen LogP) is 2.83. The Morgan fingerprint density at radius 3 is 2.10 bits per heavy atom. The van der Waals surface area contributed by atoms with E-state index in [4.69, 9.17) is 4.74 Å². The van der Waals surface area contributed by atoms with Crippen molar-refractivity contribution in [3.05, 3.63) is 46.1 Å². The summed E-state index contributed by atoms with van der Waals surface area (Å²) in [5.74, 6) is -0.371. The molecule has 2 heterocycles. The van der Waals surface area contributed by atoms with Gasteiger partial charge in [-0.1, -0.05) is 13.8 Å². The lowest BCUT2D eigenvalue weighted by Gasteiger charge is -2.12. The highest BCUT2D eigenvalue weighted by Crippen LogP contribution is 2.32. The van der Waals surface area contributed by atoms with E-state index < -0.39 is 21.4 Å². The van der Waals surface area contributed by atoms with Gasteiger partial charge in [-0.3, -0.25) is 9.78 Å². The van der Waals surface area contributed by atoms with Crippen molar-refractivity contribution in [1.29, 1.82) is 0 Å². The van der Waals surface area contributed by atoms with Crippen LogP contribution < -0.4 is 19.1 Å². The zero-order valence-corrected chi connectivity index (χ0v) is 17.0. The molecule has 162 valence electrons. The molecule has 0 amide bonds. The van der Waals surface area contributed by atoms with Crippen LogP contribution in [0.3, 0.4) is 0 Å². The minimum absolute atomic E-state index is 0.0666. The van der Waals surface area contributed by atoms with Gasteiger partial charge in [-0.25, -0.2) is 0 Å². The molecule has 0 atom stereocenters. The first kappa shape index (κ1) is 24.3. The molecule has 2 aromatic rings. The highest BCUT2D eigenvalue weighted by Gasteiger charge is 2.49. The van der Waals surface area contributed by atoms with Crippen LogP contribution in [-0.2, 0) is 23.0 Å². The number of nitrogens with one attached hydrogen (secondary N) is 1. The van der Waals surface area contributed by atoms with Gasteiger partial charge in [0, 0.05) is 29.7 Å². The van der Waals surface area contributed by atoms with Crippen LogP contribution in [0.5, 0.6) is 17.2 Å². The van der Waals surface area contributed by atoms with Crippen LogP contribution in [0.2, 0.25) is 0 Å². The van der Waals surface area contributed by atoms with Crippen molar-refractivity contribution in [2.75, 3.05) is 14.2 Å². The molecule has 0 spiro atoms. The normalized spacial score (nSPS) is 11.3. The highest BCUT2D eigenvalue weighted by atomic mass is 32.2. The number of aromatic amines is 1. The molecule has 0 saturated carbocycles. The number of halogens is 3. The lowest BCUT2D eigenvalue weighted by Crippen LogP contribution is -2.28. The van der Waals surface area contributed by atoms with Gasteiger partial charge in [0.1, 0.15) is 0 Å². The van der Waals surface area contributed by atoms with Gasteiger partial charge in [0.2, 0.25) is 5.43 Å². The molecule has 2 rings (SSSR count). The fraction of sp³-hybridized carbons (Fsp3) is 0.412. The average molecular weight is 438 g/mol. The van der Waals surface area contributed by atoms with Gasteiger partial charge in [0.25, 0.3) is 0 Å². The van der Waals surface area contributed by atoms with E-state index in [9.17, 15) is 26.4 Å². The van der Waals surface area contributed by atoms with Crippen LogP contribution in [0.25, 0.3) is 0 Å². The number of nitrogens with zero attached hydrogens (tertiary/aromatic N) is 1. The summed E-state index contributed by atoms with van der Waals surface area (Å²) in [6.45, 7) is 3.69. The topological polar surface area (TPSA) is 108 Å². The van der Waals surface area contributed by atoms with Crippen LogP contribution in [-0.4, -0.2) is 38.1 Å². The number of H-pyrrole nitrogens is 1. The summed E-state index contributed by atoms with van der Waals surface area (Å²) >= 11 is 0. The van der Waals surface area contributed by atoms with E-state index in [1.165, 1.54) is 7.11 Å². The van der Waals surface area contributed by atoms with Gasteiger partial charge in [-0.2, -0.15) is 21.6 Å². The maximum absolute atomic E-state index is 12.2. The van der Waals surface area contributed by atoms with Crippen molar-refractivity contribution in [1.82, 2.24) is 9.97 Å². The molecule has 0 aliphatic rings. The Balaban J connectivity index is 0.000000326. The van der Waals surface area contributed by atoms with E-state index in [0.717, 1.165) is 31.5 Å². The Labute approximate surface area is 165 Å². The summed E-state index contributed by atoms with van der Waals surface area (Å²) in [7, 11) is -3.07. The molecule has 29 heavy (non-hydrogen) atoms. The van der Waals surface area contributed by atoms with Crippen molar-refractivity contribution in [2.45, 2.75) is 32.2 Å². The molecule has 2 aromatic heterocycles. The quantitative estimate of drug-likeness (QED) is 0.546. The Kier molecular flexibility index (Phi) is 8.49. The number of methoxy groups -OCH3 is 2. The first-order valence-electron chi connectivity index (χ1n) is 8.28. The molecule has 0 radical (unpaired) electrons. The third kappa shape index (κ3) is 6.66. The van der Waals surface area contributed by atoms with E-state index in [1.54, 1.807) is 19.2 Å². The third-order valence-electron chi connectivity index (χ3n) is 3.49. The van der Waals surface area contributed by atoms with Gasteiger partial charge in [-0.15, -0.1) is 0 Å². The minimum Gasteiger partial charge on any atom is -0.491 e. The number of ether oxygens (including phenoxy) is 2. The van der Waals surface area contributed by atoms with Crippen molar-refractivity contribution < 1.29 is 35.2 Å². The molecule has 0 fully saturated rings. The van der Waals surface area contributed by atoms with Crippen molar-refractivity contribution in [2.24, 2.45) is 0 Å². The fourth-order valence-corrected chi connectivity index (χ4v) is 2.37. The Bertz CT molecular complexity index is 974. The maximum Gasteiger partial charge on any atom is 0.534 e. The minimum atomic E-state index is -5.72. The second-order valence-electron chi connectivity index (χ2n) is 5.41. The molecular weight excluding hydrogens is 417 g/mol. The molecule has 0 bridgehead atoms. The van der Waals surface area contributed by atoms with Gasteiger partial charge in [-0.05, 0) is 12.8 Å². The Morgan fingerprint density at radius 2 is 1.66 bits per heavy atom. The molecule has 0 aliphatic carbocycles. The van der Waals surface area contributed by atoms with Crippen LogP contribution in [0, 0.1) is 0 Å². The number of aryl methyl sites for hydroxylation is 2. The van der Waals surface area contributed by atoms with E-state index in [2.05, 4.69) is 18.9 Å². The molecule has 8 nitrogen and oxygen atoms in total. The molecular formula is C17H21F3N2O6S. The lowest BCUT2D eigenvalue weighted by atomic mass is 10.3. The largest absolute Gasteiger partial charge is 0.534 e. The molecule has 12 heteroatoms. The highest BCUT2D eigenvalue weighted by molar-refractivity contribution is 7.88. The Hall–Kier alpha value is -2.76. The summed E-state index contributed by atoms with van der Waals surface area (Å²) in [4.78, 5) is 17.9. The van der Waals surface area contributed by atoms with Crippen molar-refractivity contribution in [3.63, 3.8) is 0 Å². The van der Waals surface area contributed by atoms with Crippen LogP contribution in [0.4, 0.5) is 13.2 Å². The lowest BCUT2D eigenvalue weighted by molar-refractivity contribution is -0.0500. The molecule has 0 saturated heterocycles. The summed E-state index contributed by atoms with van der Waals surface area (Å²) in [5, 5.41) is 0. The van der Waals surface area contributed by atoms with Gasteiger partial charge in [0.15, 0.2) is 17.2 Å². The standard InChI is InChI=1S/C9H10F3NO4S.C8H11NO2/c1-3-6-4-7(8(16-2)5-13-6)17-18(14,15)9(10,11)12;1-3-6-4-7(10)8(11-2)5-9-6/h4-5H,3H2,1-2H3;4-5H,3H2,1-2H3,(H,9,10). The Morgan fingerprint density at radius 1 is 1.03 bits per heavy atom. The summed E-state index contributed by atoms with van der Waals surface area (Å²) in [6, 6.07) is 2.64. The zero-order valence-electron chi connectivity index (χ0n) is 16.2. The van der Waals surface area contributed by atoms with E-state index in [-0.39, 0.29) is 11.2 Å². The molecule has 1 N–H and O–H groups in total. The molecule has 0 aromatic carbocycles. The van der Waals surface area contributed by atoms with E-state index in [1.807, 2.05) is 6.92 Å². The maximum atomic E-state index is 12.2. The van der Waals surface area contributed by atoms with Crippen LogP contribution in [0.15, 0.2) is 29.3 Å². The number of alkyl halides is 3. The molecule has 0 aliphatic heterocycles. The van der Waals surface area contributed by atoms with Gasteiger partial charge in [0.05, 0.1) is 20.4 Å². The third-order valence-corrected chi connectivity index (χ3v) is 4.46. The number of hydrogen-bond donors (Lipinski definition) is 1. The predicted molar refractivity (Wildman–Crippen MR) is 98.8 cm³/mol. The average Bonchev–Trinajstić information content (AvgIpc) is 2.67. The number of aromatic nitrogens is 2. The van der Waals surface area contributed by atoms with Gasteiger partial charge < -0.3 is 18.6 Å². The van der Waals surface area contributed by atoms with Gasteiger partial charge >= 0.3 is 15.6 Å². The van der Waals surface area contributed by atoms with Crippen LogP contribution >= 0.6 is 0 Å². The first-order chi connectivity index (χ1) is 13.5. The number of rotatable bonds is 6. The zero-order chi connectivity index (χ0) is 22.2. The summed E-state index contributed by atoms with van der Waals surface area (Å²) in [6.07, 6.45) is 3.92. The fourth-order valence-electron chi connectivity index (χ4n) is 1.91. The monoisotopic (exact) mass is 438 g/mol. The number of pyridine rings is 2. The summed E-state index contributed by atoms with van der Waals surface area (Å²) < 4.78 is 71.7. The summed E-state index contributed by atoms with van der Waals surface area (Å²) in [5.41, 5.74) is -4.25. The van der Waals surface area contributed by atoms with E-state index in [0.29, 0.717) is 17.9 Å². The number of hydrogen-bond acceptors (Lipinski definition) is 7. The van der Waals surface area contributed by atoms with Crippen LogP contribution in [0.1, 0.15) is 25.2 Å². The second kappa shape index (κ2) is 10.1. The SMILES string of the molecule is CCc1cc(=O)c(OC)c[nH]1.CCc1cc(OS(=O)(=O)C(F)(F)F)c(OC)cn1. The van der Waals surface area contributed by atoms with Crippen molar-refractivity contribution >= 4 is 10.1 Å². The first-order valence-corrected chi connectivity index (χ1v) is 9.69.